The summed E-state index contributed by atoms with van der Waals surface area (Å²) in [5, 5.41) is 0.511. The van der Waals surface area contributed by atoms with Crippen LogP contribution < -0.4 is 0 Å². The highest BCUT2D eigenvalue weighted by Gasteiger charge is 2.03. The van der Waals surface area contributed by atoms with E-state index in [0.29, 0.717) is 5.15 Å². The third-order valence-corrected chi connectivity index (χ3v) is 4.08. The van der Waals surface area contributed by atoms with E-state index in [1.165, 1.54) is 50.5 Å². The Labute approximate surface area is 139 Å². The normalized spacial score (nSPS) is 10.8. The monoisotopic (exact) mass is 316 g/mol. The summed E-state index contributed by atoms with van der Waals surface area (Å²) in [6.07, 6.45) is 12.4. The lowest BCUT2D eigenvalue weighted by Gasteiger charge is -2.05. The number of rotatable bonds is 9. The molecule has 2 nitrogen and oxygen atoms in total. The molecule has 0 saturated heterocycles. The van der Waals surface area contributed by atoms with E-state index in [4.69, 9.17) is 11.6 Å². The van der Waals surface area contributed by atoms with Gasteiger partial charge in [0, 0.05) is 6.20 Å². The minimum absolute atomic E-state index is 0.511. The maximum absolute atomic E-state index is 5.95. The largest absolute Gasteiger partial charge is 0.255 e. The molecular weight excluding hydrogens is 292 g/mol. The van der Waals surface area contributed by atoms with Crippen molar-refractivity contribution in [3.05, 3.63) is 47.2 Å². The molecule has 0 fully saturated rings. The van der Waals surface area contributed by atoms with Gasteiger partial charge < -0.3 is 0 Å². The van der Waals surface area contributed by atoms with Gasteiger partial charge in [-0.05, 0) is 42.7 Å². The zero-order chi connectivity index (χ0) is 15.6. The Morgan fingerprint density at radius 2 is 1.68 bits per heavy atom. The fourth-order valence-electron chi connectivity index (χ4n) is 2.61. The molecule has 0 aliphatic carbocycles. The molecule has 2 rings (SSSR count). The van der Waals surface area contributed by atoms with E-state index < -0.39 is 0 Å². The summed E-state index contributed by atoms with van der Waals surface area (Å²) in [7, 11) is 0. The Hall–Kier alpha value is -1.41. The van der Waals surface area contributed by atoms with Crippen LogP contribution in [0.5, 0.6) is 0 Å². The standard InChI is InChI=1S/C19H25ClN2/c1-2-3-4-5-6-7-8-10-16-13-14-21-18(15-16)17-11-9-12-19(20)22-17/h9,11-15H,2-8,10H2,1H3. The molecule has 3 heteroatoms. The number of aryl methyl sites for hydroxylation is 1. The van der Waals surface area contributed by atoms with Gasteiger partial charge in [0.1, 0.15) is 5.15 Å². The summed E-state index contributed by atoms with van der Waals surface area (Å²) in [6.45, 7) is 2.26. The van der Waals surface area contributed by atoms with Gasteiger partial charge in [0.05, 0.1) is 11.4 Å². The lowest BCUT2D eigenvalue weighted by atomic mass is 10.0. The fraction of sp³-hybridized carbons (Fsp3) is 0.474. The van der Waals surface area contributed by atoms with Crippen LogP contribution in [-0.2, 0) is 6.42 Å². The smallest absolute Gasteiger partial charge is 0.129 e. The third kappa shape index (κ3) is 5.76. The van der Waals surface area contributed by atoms with Gasteiger partial charge in [-0.25, -0.2) is 4.98 Å². The van der Waals surface area contributed by atoms with Crippen molar-refractivity contribution < 1.29 is 0 Å². The first-order chi connectivity index (χ1) is 10.8. The summed E-state index contributed by atoms with van der Waals surface area (Å²) in [6, 6.07) is 9.88. The van der Waals surface area contributed by atoms with Gasteiger partial charge in [-0.2, -0.15) is 0 Å². The number of halogens is 1. The number of unbranched alkanes of at least 4 members (excludes halogenated alkanes) is 6. The number of nitrogens with zero attached hydrogens (tertiary/aromatic N) is 2. The maximum Gasteiger partial charge on any atom is 0.129 e. The van der Waals surface area contributed by atoms with Crippen molar-refractivity contribution in [2.24, 2.45) is 0 Å². The molecule has 2 aromatic rings. The number of hydrogen-bond acceptors (Lipinski definition) is 2. The van der Waals surface area contributed by atoms with Crippen LogP contribution in [0.4, 0.5) is 0 Å². The molecule has 0 radical (unpaired) electrons. The molecule has 0 amide bonds. The maximum atomic E-state index is 5.95. The molecule has 0 N–H and O–H groups in total. The second-order valence-corrected chi connectivity index (χ2v) is 6.15. The SMILES string of the molecule is CCCCCCCCCc1ccnc(-c2cccc(Cl)n2)c1. The highest BCUT2D eigenvalue weighted by molar-refractivity contribution is 6.29. The van der Waals surface area contributed by atoms with Crippen molar-refractivity contribution in [1.29, 1.82) is 0 Å². The predicted octanol–water partition coefficient (Wildman–Crippen LogP) is 6.09. The van der Waals surface area contributed by atoms with Crippen LogP contribution in [-0.4, -0.2) is 9.97 Å². The highest BCUT2D eigenvalue weighted by atomic mass is 35.5. The van der Waals surface area contributed by atoms with E-state index in [9.17, 15) is 0 Å². The summed E-state index contributed by atoms with van der Waals surface area (Å²) in [4.78, 5) is 8.73. The van der Waals surface area contributed by atoms with Crippen LogP contribution in [0.15, 0.2) is 36.5 Å². The summed E-state index contributed by atoms with van der Waals surface area (Å²) in [5.41, 5.74) is 3.08. The van der Waals surface area contributed by atoms with Gasteiger partial charge in [-0.15, -0.1) is 0 Å². The first kappa shape index (κ1) is 17.0. The molecule has 0 saturated carbocycles. The molecule has 0 aliphatic heterocycles. The summed E-state index contributed by atoms with van der Waals surface area (Å²) in [5.74, 6) is 0. The average Bonchev–Trinajstić information content (AvgIpc) is 2.54. The van der Waals surface area contributed by atoms with E-state index in [-0.39, 0.29) is 0 Å². The number of hydrogen-bond donors (Lipinski definition) is 0. The minimum Gasteiger partial charge on any atom is -0.255 e. The van der Waals surface area contributed by atoms with E-state index in [0.717, 1.165) is 17.8 Å². The Morgan fingerprint density at radius 3 is 2.45 bits per heavy atom. The third-order valence-electron chi connectivity index (χ3n) is 3.87. The minimum atomic E-state index is 0.511. The summed E-state index contributed by atoms with van der Waals surface area (Å²) < 4.78 is 0. The van der Waals surface area contributed by atoms with Crippen LogP contribution in [0.3, 0.4) is 0 Å². The quantitative estimate of drug-likeness (QED) is 0.413. The molecule has 0 bridgehead atoms. The molecule has 0 aliphatic rings. The molecule has 2 heterocycles. The first-order valence-electron chi connectivity index (χ1n) is 8.37. The van der Waals surface area contributed by atoms with E-state index in [1.54, 1.807) is 6.07 Å². The Bertz CT molecular complexity index is 569. The second kappa shape index (κ2) is 9.58. The highest BCUT2D eigenvalue weighted by Crippen LogP contribution is 2.19. The van der Waals surface area contributed by atoms with Gasteiger partial charge in [0.25, 0.3) is 0 Å². The molecule has 118 valence electrons. The van der Waals surface area contributed by atoms with Crippen LogP contribution in [0.2, 0.25) is 5.15 Å². The Morgan fingerprint density at radius 1 is 0.909 bits per heavy atom. The molecule has 0 atom stereocenters. The first-order valence-corrected chi connectivity index (χ1v) is 8.75. The Kier molecular flexibility index (Phi) is 7.38. The van der Waals surface area contributed by atoms with E-state index >= 15 is 0 Å². The van der Waals surface area contributed by atoms with Crippen molar-refractivity contribution in [3.63, 3.8) is 0 Å². The van der Waals surface area contributed by atoms with Crippen molar-refractivity contribution in [1.82, 2.24) is 9.97 Å². The van der Waals surface area contributed by atoms with Gasteiger partial charge in [-0.3, -0.25) is 4.98 Å². The van der Waals surface area contributed by atoms with Crippen LogP contribution >= 0.6 is 11.6 Å². The molecule has 0 spiro atoms. The van der Waals surface area contributed by atoms with Gasteiger partial charge in [0.2, 0.25) is 0 Å². The Balaban J connectivity index is 1.82. The number of pyridine rings is 2. The van der Waals surface area contributed by atoms with Crippen molar-refractivity contribution in [2.45, 2.75) is 58.3 Å². The molecule has 2 aromatic heterocycles. The van der Waals surface area contributed by atoms with Gasteiger partial charge in [0.15, 0.2) is 0 Å². The molecule has 22 heavy (non-hydrogen) atoms. The average molecular weight is 317 g/mol. The van der Waals surface area contributed by atoms with Crippen LogP contribution in [0, 0.1) is 0 Å². The van der Waals surface area contributed by atoms with Crippen molar-refractivity contribution in [3.8, 4) is 11.4 Å². The molecular formula is C19H25ClN2. The van der Waals surface area contributed by atoms with Crippen molar-refractivity contribution in [2.75, 3.05) is 0 Å². The fourth-order valence-corrected chi connectivity index (χ4v) is 2.77. The van der Waals surface area contributed by atoms with Crippen molar-refractivity contribution >= 4 is 11.6 Å². The second-order valence-electron chi connectivity index (χ2n) is 5.77. The van der Waals surface area contributed by atoms with Gasteiger partial charge >= 0.3 is 0 Å². The molecule has 0 unspecified atom stereocenters. The van der Waals surface area contributed by atoms with Crippen LogP contribution in [0.1, 0.15) is 57.4 Å². The predicted molar refractivity (Wildman–Crippen MR) is 94.2 cm³/mol. The summed E-state index contributed by atoms with van der Waals surface area (Å²) >= 11 is 5.95. The van der Waals surface area contributed by atoms with E-state index in [2.05, 4.69) is 29.0 Å². The zero-order valence-electron chi connectivity index (χ0n) is 13.4. The van der Waals surface area contributed by atoms with Gasteiger partial charge in [-0.1, -0.05) is 63.1 Å². The zero-order valence-corrected chi connectivity index (χ0v) is 14.1. The van der Waals surface area contributed by atoms with E-state index in [1.807, 2.05) is 18.3 Å². The topological polar surface area (TPSA) is 25.8 Å². The van der Waals surface area contributed by atoms with Crippen LogP contribution in [0.25, 0.3) is 11.4 Å². The lowest BCUT2D eigenvalue weighted by Crippen LogP contribution is -1.92. The lowest BCUT2D eigenvalue weighted by molar-refractivity contribution is 0.589. The molecule has 0 aromatic carbocycles. The number of aromatic nitrogens is 2.